The lowest BCUT2D eigenvalue weighted by Crippen LogP contribution is -2.12. The Morgan fingerprint density at radius 2 is 2.00 bits per heavy atom. The predicted molar refractivity (Wildman–Crippen MR) is 74.8 cm³/mol. The van der Waals surface area contributed by atoms with Crippen LogP contribution >= 0.6 is 0 Å². The fourth-order valence-electron chi connectivity index (χ4n) is 2.23. The van der Waals surface area contributed by atoms with Gasteiger partial charge < -0.3 is 9.73 Å². The van der Waals surface area contributed by atoms with E-state index in [4.69, 9.17) is 4.42 Å². The van der Waals surface area contributed by atoms with Gasteiger partial charge in [-0.15, -0.1) is 0 Å². The van der Waals surface area contributed by atoms with E-state index in [1.54, 1.807) is 6.20 Å². The minimum absolute atomic E-state index is 0.685. The standard InChI is InChI=1S/C16H20N2O/c1-2-15-10-18-16(19-15)11-17-9-12-3-5-13(6-4-12)14-7-8-14/h3-6,10,14,17H,2,7-9,11H2,1H3. The van der Waals surface area contributed by atoms with Crippen LogP contribution in [-0.4, -0.2) is 4.98 Å². The highest BCUT2D eigenvalue weighted by Crippen LogP contribution is 2.39. The molecule has 3 rings (SSSR count). The molecule has 1 saturated carbocycles. The molecule has 0 atom stereocenters. The molecule has 0 amide bonds. The van der Waals surface area contributed by atoms with Crippen molar-refractivity contribution in [3.05, 3.63) is 53.2 Å². The Morgan fingerprint density at radius 1 is 1.21 bits per heavy atom. The molecule has 19 heavy (non-hydrogen) atoms. The molecule has 1 N–H and O–H groups in total. The summed E-state index contributed by atoms with van der Waals surface area (Å²) < 4.78 is 5.56. The number of benzene rings is 1. The van der Waals surface area contributed by atoms with E-state index in [9.17, 15) is 0 Å². The number of aromatic nitrogens is 1. The predicted octanol–water partition coefficient (Wildman–Crippen LogP) is 3.40. The fraction of sp³-hybridized carbons (Fsp3) is 0.438. The van der Waals surface area contributed by atoms with Crippen molar-refractivity contribution in [2.45, 2.75) is 45.2 Å². The summed E-state index contributed by atoms with van der Waals surface area (Å²) in [5.74, 6) is 2.55. The second-order valence-corrected chi connectivity index (χ2v) is 5.19. The van der Waals surface area contributed by atoms with Crippen molar-refractivity contribution in [3.8, 4) is 0 Å². The van der Waals surface area contributed by atoms with Gasteiger partial charge in [-0.25, -0.2) is 4.98 Å². The van der Waals surface area contributed by atoms with E-state index in [2.05, 4.69) is 41.5 Å². The van der Waals surface area contributed by atoms with Gasteiger partial charge in [-0.05, 0) is 29.9 Å². The normalized spacial score (nSPS) is 14.8. The number of nitrogens with zero attached hydrogens (tertiary/aromatic N) is 1. The molecule has 1 aromatic carbocycles. The van der Waals surface area contributed by atoms with E-state index in [1.165, 1.54) is 24.0 Å². The van der Waals surface area contributed by atoms with E-state index in [1.807, 2.05) is 0 Å². The Kier molecular flexibility index (Phi) is 3.65. The fourth-order valence-corrected chi connectivity index (χ4v) is 2.23. The summed E-state index contributed by atoms with van der Waals surface area (Å²) in [5, 5.41) is 3.36. The highest BCUT2D eigenvalue weighted by molar-refractivity contribution is 5.27. The van der Waals surface area contributed by atoms with E-state index in [0.29, 0.717) is 6.54 Å². The monoisotopic (exact) mass is 256 g/mol. The lowest BCUT2D eigenvalue weighted by Gasteiger charge is -2.04. The quantitative estimate of drug-likeness (QED) is 0.860. The Hall–Kier alpha value is -1.61. The molecule has 1 aliphatic carbocycles. The SMILES string of the molecule is CCc1cnc(CNCc2ccc(C3CC3)cc2)o1. The number of aryl methyl sites for hydroxylation is 1. The van der Waals surface area contributed by atoms with Crippen molar-refractivity contribution in [3.63, 3.8) is 0 Å². The molecule has 1 aromatic heterocycles. The Labute approximate surface area is 114 Å². The molecule has 3 nitrogen and oxygen atoms in total. The highest BCUT2D eigenvalue weighted by Gasteiger charge is 2.22. The first-order valence-electron chi connectivity index (χ1n) is 7.08. The van der Waals surface area contributed by atoms with Crippen LogP contribution in [0.3, 0.4) is 0 Å². The molecule has 2 aromatic rings. The zero-order valence-corrected chi connectivity index (χ0v) is 11.4. The van der Waals surface area contributed by atoms with Gasteiger partial charge in [0.25, 0.3) is 0 Å². The number of rotatable bonds is 6. The molecule has 0 aliphatic heterocycles. The van der Waals surface area contributed by atoms with Crippen molar-refractivity contribution in [2.24, 2.45) is 0 Å². The van der Waals surface area contributed by atoms with Gasteiger partial charge >= 0.3 is 0 Å². The Bertz CT molecular complexity index is 526. The van der Waals surface area contributed by atoms with Crippen molar-refractivity contribution in [1.82, 2.24) is 10.3 Å². The van der Waals surface area contributed by atoms with Crippen molar-refractivity contribution in [2.75, 3.05) is 0 Å². The minimum Gasteiger partial charge on any atom is -0.444 e. The van der Waals surface area contributed by atoms with Gasteiger partial charge in [0.05, 0.1) is 12.7 Å². The van der Waals surface area contributed by atoms with Crippen molar-refractivity contribution < 1.29 is 4.42 Å². The first kappa shape index (κ1) is 12.4. The van der Waals surface area contributed by atoms with Gasteiger partial charge in [-0.2, -0.15) is 0 Å². The maximum Gasteiger partial charge on any atom is 0.208 e. The summed E-state index contributed by atoms with van der Waals surface area (Å²) in [6.07, 6.45) is 5.43. The van der Waals surface area contributed by atoms with E-state index in [-0.39, 0.29) is 0 Å². The van der Waals surface area contributed by atoms with Crippen molar-refractivity contribution in [1.29, 1.82) is 0 Å². The van der Waals surface area contributed by atoms with Gasteiger partial charge in [0, 0.05) is 13.0 Å². The van der Waals surface area contributed by atoms with Crippen LogP contribution in [0.5, 0.6) is 0 Å². The molecule has 3 heteroatoms. The third-order valence-corrected chi connectivity index (χ3v) is 3.58. The minimum atomic E-state index is 0.685. The highest BCUT2D eigenvalue weighted by atomic mass is 16.4. The van der Waals surface area contributed by atoms with Gasteiger partial charge in [0.15, 0.2) is 0 Å². The Morgan fingerprint density at radius 3 is 2.63 bits per heavy atom. The molecule has 0 saturated heterocycles. The molecule has 1 heterocycles. The second-order valence-electron chi connectivity index (χ2n) is 5.19. The Balaban J connectivity index is 1.48. The molecule has 0 bridgehead atoms. The zero-order valence-electron chi connectivity index (χ0n) is 11.4. The lowest BCUT2D eigenvalue weighted by molar-refractivity contribution is 0.439. The van der Waals surface area contributed by atoms with Crippen molar-refractivity contribution >= 4 is 0 Å². The van der Waals surface area contributed by atoms with Crippen LogP contribution < -0.4 is 5.32 Å². The molecule has 1 fully saturated rings. The van der Waals surface area contributed by atoms with Crippen LogP contribution in [0, 0.1) is 0 Å². The lowest BCUT2D eigenvalue weighted by atomic mass is 10.1. The first-order chi connectivity index (χ1) is 9.35. The summed E-state index contributed by atoms with van der Waals surface area (Å²) in [5.41, 5.74) is 2.80. The summed E-state index contributed by atoms with van der Waals surface area (Å²) in [4.78, 5) is 4.23. The molecule has 0 unspecified atom stereocenters. The van der Waals surface area contributed by atoms with Crippen LogP contribution in [0.15, 0.2) is 34.9 Å². The zero-order chi connectivity index (χ0) is 13.1. The summed E-state index contributed by atoms with van der Waals surface area (Å²) in [6.45, 7) is 3.61. The van der Waals surface area contributed by atoms with Crippen LogP contribution in [0.1, 0.15) is 48.5 Å². The topological polar surface area (TPSA) is 38.1 Å². The molecular weight excluding hydrogens is 236 g/mol. The molecular formula is C16H20N2O. The number of oxazole rings is 1. The average molecular weight is 256 g/mol. The molecule has 0 radical (unpaired) electrons. The maximum absolute atomic E-state index is 5.56. The summed E-state index contributed by atoms with van der Waals surface area (Å²) >= 11 is 0. The third-order valence-electron chi connectivity index (χ3n) is 3.58. The second kappa shape index (κ2) is 5.57. The summed E-state index contributed by atoms with van der Waals surface area (Å²) in [7, 11) is 0. The van der Waals surface area contributed by atoms with Gasteiger partial charge in [0.1, 0.15) is 5.76 Å². The van der Waals surface area contributed by atoms with Gasteiger partial charge in [-0.3, -0.25) is 0 Å². The van der Waals surface area contributed by atoms with Crippen LogP contribution in [0.2, 0.25) is 0 Å². The molecule has 1 aliphatic rings. The third kappa shape index (κ3) is 3.24. The number of nitrogens with one attached hydrogen (secondary N) is 1. The van der Waals surface area contributed by atoms with Crippen LogP contribution in [-0.2, 0) is 19.5 Å². The van der Waals surface area contributed by atoms with E-state index in [0.717, 1.165) is 30.5 Å². The van der Waals surface area contributed by atoms with Gasteiger partial charge in [-0.1, -0.05) is 31.2 Å². The summed E-state index contributed by atoms with van der Waals surface area (Å²) in [6, 6.07) is 8.95. The molecule has 0 spiro atoms. The van der Waals surface area contributed by atoms with Gasteiger partial charge in [0.2, 0.25) is 5.89 Å². The number of hydrogen-bond donors (Lipinski definition) is 1. The molecule has 100 valence electrons. The first-order valence-corrected chi connectivity index (χ1v) is 7.08. The smallest absolute Gasteiger partial charge is 0.208 e. The average Bonchev–Trinajstić information content (AvgIpc) is 3.19. The van der Waals surface area contributed by atoms with E-state index >= 15 is 0 Å². The van der Waals surface area contributed by atoms with E-state index < -0.39 is 0 Å². The maximum atomic E-state index is 5.56. The number of hydrogen-bond acceptors (Lipinski definition) is 3. The van der Waals surface area contributed by atoms with Crippen LogP contribution in [0.4, 0.5) is 0 Å². The van der Waals surface area contributed by atoms with Crippen LogP contribution in [0.25, 0.3) is 0 Å². The largest absolute Gasteiger partial charge is 0.444 e.